The fourth-order valence-corrected chi connectivity index (χ4v) is 3.10. The van der Waals surface area contributed by atoms with Crippen LogP contribution >= 0.6 is 0 Å². The quantitative estimate of drug-likeness (QED) is 0.240. The van der Waals surface area contributed by atoms with Gasteiger partial charge in [0, 0.05) is 17.1 Å². The maximum Gasteiger partial charge on any atom is 0.231 e. The van der Waals surface area contributed by atoms with E-state index in [1.54, 1.807) is 0 Å². The number of nitrogens with one attached hydrogen (secondary N) is 3. The zero-order chi connectivity index (χ0) is 22.9. The molecule has 0 radical (unpaired) electrons. The molecule has 0 amide bonds. The molecule has 0 bridgehead atoms. The lowest BCUT2D eigenvalue weighted by atomic mass is 10.2. The van der Waals surface area contributed by atoms with Crippen LogP contribution in [0.15, 0.2) is 119 Å². The predicted molar refractivity (Wildman–Crippen MR) is 141 cm³/mol. The smallest absolute Gasteiger partial charge is 0.231 e. The van der Waals surface area contributed by atoms with Crippen LogP contribution in [-0.2, 0) is 0 Å². The van der Waals surface area contributed by atoms with Crippen molar-refractivity contribution >= 4 is 34.7 Å². The highest BCUT2D eigenvalue weighted by molar-refractivity contribution is 6.12. The third-order valence-electron chi connectivity index (χ3n) is 4.87. The fourth-order valence-electron chi connectivity index (χ4n) is 3.10. The van der Waals surface area contributed by atoms with Gasteiger partial charge in [-0.25, -0.2) is 4.99 Å². The summed E-state index contributed by atoms with van der Waals surface area (Å²) in [5.74, 6) is 1.02. The third-order valence-corrected chi connectivity index (χ3v) is 4.87. The van der Waals surface area contributed by atoms with E-state index in [1.807, 2.05) is 97.1 Å². The van der Waals surface area contributed by atoms with Crippen LogP contribution in [0.5, 0.6) is 0 Å². The number of hydrogen-bond acceptors (Lipinski definition) is 1. The first-order chi connectivity index (χ1) is 16.1. The predicted octanol–water partition coefficient (Wildman–Crippen LogP) is 6.98. The van der Waals surface area contributed by atoms with E-state index in [1.165, 1.54) is 11.1 Å². The lowest BCUT2D eigenvalue weighted by Gasteiger charge is -2.14. The van der Waals surface area contributed by atoms with Gasteiger partial charge in [0.15, 0.2) is 0 Å². The first-order valence-corrected chi connectivity index (χ1v) is 10.9. The van der Waals surface area contributed by atoms with Crippen molar-refractivity contribution in [3.8, 4) is 0 Å². The Morgan fingerprint density at radius 2 is 0.970 bits per heavy atom. The summed E-state index contributed by atoms with van der Waals surface area (Å²) < 4.78 is 0. The average molecular weight is 434 g/mol. The molecule has 4 aromatic carbocycles. The maximum absolute atomic E-state index is 4.84. The van der Waals surface area contributed by atoms with Crippen LogP contribution in [0.1, 0.15) is 11.1 Å². The van der Waals surface area contributed by atoms with Crippen LogP contribution < -0.4 is 16.0 Å². The second kappa shape index (κ2) is 10.8. The highest BCUT2D eigenvalue weighted by Crippen LogP contribution is 2.16. The molecule has 4 aromatic rings. The Bertz CT molecular complexity index is 1170. The number of guanidine groups is 2. The monoisotopic (exact) mass is 433 g/mol. The zero-order valence-corrected chi connectivity index (χ0v) is 18.8. The summed E-state index contributed by atoms with van der Waals surface area (Å²) in [5.41, 5.74) is 5.95. The van der Waals surface area contributed by atoms with Crippen LogP contribution in [0.3, 0.4) is 0 Å². The van der Waals surface area contributed by atoms with Gasteiger partial charge in [-0.1, -0.05) is 71.8 Å². The van der Waals surface area contributed by atoms with Gasteiger partial charge in [-0.05, 0) is 62.4 Å². The van der Waals surface area contributed by atoms with Crippen LogP contribution in [0.2, 0.25) is 0 Å². The van der Waals surface area contributed by atoms with Crippen LogP contribution in [0.25, 0.3) is 0 Å². The topological polar surface area (TPSA) is 60.8 Å². The van der Waals surface area contributed by atoms with E-state index in [9.17, 15) is 0 Å². The molecule has 0 fully saturated rings. The Morgan fingerprint density at radius 3 is 1.48 bits per heavy atom. The summed E-state index contributed by atoms with van der Waals surface area (Å²) in [6.07, 6.45) is 0. The van der Waals surface area contributed by atoms with Crippen LogP contribution in [0, 0.1) is 13.8 Å². The molecule has 0 aromatic heterocycles. The van der Waals surface area contributed by atoms with Crippen LogP contribution in [0.4, 0.5) is 22.7 Å². The molecule has 0 spiro atoms. The lowest BCUT2D eigenvalue weighted by Crippen LogP contribution is -2.25. The van der Waals surface area contributed by atoms with E-state index in [2.05, 4.69) is 41.9 Å². The van der Waals surface area contributed by atoms with Crippen molar-refractivity contribution in [2.24, 2.45) is 9.98 Å². The first kappa shape index (κ1) is 21.8. The van der Waals surface area contributed by atoms with Gasteiger partial charge in [0.2, 0.25) is 11.9 Å². The largest absolute Gasteiger partial charge is 0.326 e. The zero-order valence-electron chi connectivity index (χ0n) is 18.8. The minimum Gasteiger partial charge on any atom is -0.326 e. The highest BCUT2D eigenvalue weighted by atomic mass is 15.2. The molecule has 4 rings (SSSR count). The highest BCUT2D eigenvalue weighted by Gasteiger charge is 2.06. The second-order valence-electron chi connectivity index (χ2n) is 7.70. The number of aliphatic imine (C=N–C) groups is 2. The number of benzene rings is 4. The molecule has 0 aliphatic carbocycles. The van der Waals surface area contributed by atoms with Gasteiger partial charge in [0.05, 0.1) is 5.69 Å². The standard InChI is InChI=1S/C28H27N5/c1-21-13-17-25(18-14-21)31-28(32-26-19-15-22(2)16-20-26)33-27(29-23-9-5-3-6-10-23)30-24-11-7-4-8-12-24/h3-20H,1-2H3,(H3,29,30,31,32,33). The maximum atomic E-state index is 4.84. The SMILES string of the molecule is Cc1ccc(/N=C(\N=C(Nc2ccccc2)Nc2ccccc2)Nc2ccc(C)cc2)cc1. The van der Waals surface area contributed by atoms with Crippen molar-refractivity contribution in [2.45, 2.75) is 13.8 Å². The molecule has 0 saturated heterocycles. The summed E-state index contributed by atoms with van der Waals surface area (Å²) >= 11 is 0. The summed E-state index contributed by atoms with van der Waals surface area (Å²) in [6.45, 7) is 4.12. The summed E-state index contributed by atoms with van der Waals surface area (Å²) in [6, 6.07) is 36.0. The molecule has 0 heterocycles. The molecule has 0 aliphatic rings. The minimum atomic E-state index is 0.463. The Balaban J connectivity index is 1.71. The molecular formula is C28H27N5. The van der Waals surface area contributed by atoms with Crippen molar-refractivity contribution in [2.75, 3.05) is 16.0 Å². The molecule has 0 aliphatic heterocycles. The molecule has 0 saturated carbocycles. The summed E-state index contributed by atoms with van der Waals surface area (Å²) in [5, 5.41) is 10.1. The van der Waals surface area contributed by atoms with Crippen molar-refractivity contribution in [1.82, 2.24) is 0 Å². The normalized spacial score (nSPS) is 10.9. The Labute approximate surface area is 195 Å². The van der Waals surface area contributed by atoms with Gasteiger partial charge in [-0.2, -0.15) is 4.99 Å². The second-order valence-corrected chi connectivity index (χ2v) is 7.70. The van der Waals surface area contributed by atoms with E-state index in [-0.39, 0.29) is 0 Å². The van der Waals surface area contributed by atoms with Gasteiger partial charge < -0.3 is 16.0 Å². The van der Waals surface area contributed by atoms with Crippen molar-refractivity contribution < 1.29 is 0 Å². The number of para-hydroxylation sites is 2. The lowest BCUT2D eigenvalue weighted by molar-refractivity contribution is 1.39. The summed E-state index contributed by atoms with van der Waals surface area (Å²) in [7, 11) is 0. The number of nitrogens with zero attached hydrogens (tertiary/aromatic N) is 2. The van der Waals surface area contributed by atoms with Crippen molar-refractivity contribution in [3.05, 3.63) is 120 Å². The number of anilines is 3. The van der Waals surface area contributed by atoms with Crippen molar-refractivity contribution in [3.63, 3.8) is 0 Å². The molecule has 5 nitrogen and oxygen atoms in total. The fraction of sp³-hybridized carbons (Fsp3) is 0.0714. The molecule has 0 unspecified atom stereocenters. The van der Waals surface area contributed by atoms with Crippen LogP contribution in [-0.4, -0.2) is 11.9 Å². The molecule has 0 atom stereocenters. The van der Waals surface area contributed by atoms with E-state index in [0.717, 1.165) is 22.7 Å². The number of rotatable bonds is 4. The first-order valence-electron chi connectivity index (χ1n) is 10.9. The average Bonchev–Trinajstić information content (AvgIpc) is 2.83. The van der Waals surface area contributed by atoms with Gasteiger partial charge in [0.1, 0.15) is 0 Å². The number of aryl methyl sites for hydroxylation is 2. The summed E-state index contributed by atoms with van der Waals surface area (Å²) in [4.78, 5) is 9.61. The van der Waals surface area contributed by atoms with E-state index < -0.39 is 0 Å². The van der Waals surface area contributed by atoms with E-state index in [0.29, 0.717) is 11.9 Å². The van der Waals surface area contributed by atoms with Gasteiger partial charge >= 0.3 is 0 Å². The molecule has 164 valence electrons. The molecule has 5 heteroatoms. The van der Waals surface area contributed by atoms with Gasteiger partial charge in [-0.3, -0.25) is 0 Å². The molecule has 3 N–H and O–H groups in total. The molecular weight excluding hydrogens is 406 g/mol. The minimum absolute atomic E-state index is 0.463. The van der Waals surface area contributed by atoms with Crippen molar-refractivity contribution in [1.29, 1.82) is 0 Å². The number of hydrogen-bond donors (Lipinski definition) is 3. The Hall–Kier alpha value is -4.38. The van der Waals surface area contributed by atoms with Gasteiger partial charge in [0.25, 0.3) is 0 Å². The Morgan fingerprint density at radius 1 is 0.515 bits per heavy atom. The Kier molecular flexibility index (Phi) is 7.13. The van der Waals surface area contributed by atoms with Gasteiger partial charge in [-0.15, -0.1) is 0 Å². The molecule has 33 heavy (non-hydrogen) atoms. The van der Waals surface area contributed by atoms with E-state index >= 15 is 0 Å². The third kappa shape index (κ3) is 6.80. The van der Waals surface area contributed by atoms with E-state index in [4.69, 9.17) is 9.98 Å².